The number of aromatic nitrogens is 2. The minimum absolute atomic E-state index is 0.443. The third-order valence-corrected chi connectivity index (χ3v) is 2.34. The van der Waals surface area contributed by atoms with Gasteiger partial charge >= 0.3 is 0 Å². The van der Waals surface area contributed by atoms with Gasteiger partial charge in [-0.05, 0) is 7.05 Å². The number of aliphatic hydroxyl groups is 1. The summed E-state index contributed by atoms with van der Waals surface area (Å²) >= 11 is 5.94. The highest BCUT2D eigenvalue weighted by atomic mass is 35.5. The van der Waals surface area contributed by atoms with Crippen molar-refractivity contribution in [3.63, 3.8) is 0 Å². The van der Waals surface area contributed by atoms with Gasteiger partial charge in [0.1, 0.15) is 6.10 Å². The first-order valence-corrected chi connectivity index (χ1v) is 5.11. The van der Waals surface area contributed by atoms with E-state index < -0.39 is 6.10 Å². The van der Waals surface area contributed by atoms with Gasteiger partial charge in [0, 0.05) is 13.7 Å². The molecule has 1 heterocycles. The molecule has 0 spiro atoms. The summed E-state index contributed by atoms with van der Waals surface area (Å²) in [6, 6.07) is 0. The van der Waals surface area contributed by atoms with E-state index in [9.17, 15) is 5.11 Å². The van der Waals surface area contributed by atoms with E-state index in [-0.39, 0.29) is 0 Å². The van der Waals surface area contributed by atoms with E-state index in [0.717, 1.165) is 0 Å². The molecular formula is C9H16ClN3O2. The summed E-state index contributed by atoms with van der Waals surface area (Å²) in [4.78, 5) is 0. The molecular weight excluding hydrogens is 218 g/mol. The van der Waals surface area contributed by atoms with E-state index in [4.69, 9.17) is 16.3 Å². The Morgan fingerprint density at radius 2 is 2.47 bits per heavy atom. The first-order chi connectivity index (χ1) is 7.20. The predicted molar refractivity (Wildman–Crippen MR) is 58.0 cm³/mol. The van der Waals surface area contributed by atoms with E-state index >= 15 is 0 Å². The summed E-state index contributed by atoms with van der Waals surface area (Å²) in [5.74, 6) is 0. The van der Waals surface area contributed by atoms with E-state index in [2.05, 4.69) is 10.4 Å². The lowest BCUT2D eigenvalue weighted by Crippen LogP contribution is -2.21. The van der Waals surface area contributed by atoms with Crippen LogP contribution in [0.3, 0.4) is 0 Å². The number of rotatable bonds is 6. The molecule has 1 aromatic rings. The van der Waals surface area contributed by atoms with Crippen LogP contribution in [0.4, 0.5) is 0 Å². The van der Waals surface area contributed by atoms with Crippen LogP contribution in [-0.2, 0) is 11.3 Å². The fraction of sp³-hybridized carbons (Fsp3) is 0.667. The molecule has 0 bridgehead atoms. The maximum atomic E-state index is 9.82. The van der Waals surface area contributed by atoms with Crippen molar-refractivity contribution in [1.82, 2.24) is 15.1 Å². The number of hydrogen-bond acceptors (Lipinski definition) is 4. The van der Waals surface area contributed by atoms with Gasteiger partial charge in [-0.25, -0.2) is 0 Å². The highest BCUT2D eigenvalue weighted by Crippen LogP contribution is 2.22. The zero-order chi connectivity index (χ0) is 11.3. The smallest absolute Gasteiger partial charge is 0.109 e. The van der Waals surface area contributed by atoms with Crippen LogP contribution in [-0.4, -0.2) is 42.2 Å². The largest absolute Gasteiger partial charge is 0.385 e. The van der Waals surface area contributed by atoms with E-state index in [0.29, 0.717) is 30.4 Å². The van der Waals surface area contributed by atoms with Gasteiger partial charge in [0.05, 0.1) is 30.1 Å². The third kappa shape index (κ3) is 3.17. The molecule has 0 aliphatic rings. The van der Waals surface area contributed by atoms with Crippen LogP contribution in [0.2, 0.25) is 5.02 Å². The maximum absolute atomic E-state index is 9.82. The van der Waals surface area contributed by atoms with Gasteiger partial charge in [-0.3, -0.25) is 4.68 Å². The Bertz CT molecular complexity index is 304. The fourth-order valence-electron chi connectivity index (χ4n) is 1.35. The van der Waals surface area contributed by atoms with Crippen molar-refractivity contribution in [3.8, 4) is 0 Å². The van der Waals surface area contributed by atoms with Gasteiger partial charge in [0.25, 0.3) is 0 Å². The topological polar surface area (TPSA) is 59.3 Å². The molecule has 0 saturated carbocycles. The van der Waals surface area contributed by atoms with Crippen molar-refractivity contribution in [1.29, 1.82) is 0 Å². The fourth-order valence-corrected chi connectivity index (χ4v) is 1.62. The maximum Gasteiger partial charge on any atom is 0.109 e. The van der Waals surface area contributed by atoms with Crippen molar-refractivity contribution in [2.75, 3.05) is 27.3 Å². The molecule has 0 aromatic carbocycles. The molecule has 1 rings (SSSR count). The summed E-state index contributed by atoms with van der Waals surface area (Å²) in [6.07, 6.45) is 0.882. The lowest BCUT2D eigenvalue weighted by Gasteiger charge is -2.13. The number of methoxy groups -OCH3 is 1. The summed E-state index contributed by atoms with van der Waals surface area (Å²) in [5, 5.41) is 17.3. The van der Waals surface area contributed by atoms with Gasteiger partial charge in [-0.2, -0.15) is 5.10 Å². The van der Waals surface area contributed by atoms with Crippen molar-refractivity contribution in [2.45, 2.75) is 12.6 Å². The molecule has 0 aliphatic heterocycles. The normalized spacial score (nSPS) is 13.1. The molecule has 0 amide bonds. The van der Waals surface area contributed by atoms with Crippen molar-refractivity contribution in [3.05, 3.63) is 16.9 Å². The second-order valence-electron chi connectivity index (χ2n) is 3.17. The van der Waals surface area contributed by atoms with Gasteiger partial charge in [0.2, 0.25) is 0 Å². The molecule has 5 nitrogen and oxygen atoms in total. The number of aliphatic hydroxyl groups excluding tert-OH is 1. The highest BCUT2D eigenvalue weighted by molar-refractivity contribution is 6.31. The van der Waals surface area contributed by atoms with Gasteiger partial charge in [0.15, 0.2) is 0 Å². The predicted octanol–water partition coefficient (Wildman–Crippen LogP) is 0.436. The lowest BCUT2D eigenvalue weighted by molar-refractivity contribution is 0.153. The second kappa shape index (κ2) is 6.07. The van der Waals surface area contributed by atoms with Crippen molar-refractivity contribution in [2.24, 2.45) is 0 Å². The summed E-state index contributed by atoms with van der Waals surface area (Å²) < 4.78 is 6.61. The minimum Gasteiger partial charge on any atom is -0.385 e. The molecule has 1 aromatic heterocycles. The molecule has 1 atom stereocenters. The Labute approximate surface area is 94.0 Å². The van der Waals surface area contributed by atoms with E-state index in [1.54, 1.807) is 18.8 Å². The van der Waals surface area contributed by atoms with Crippen LogP contribution in [0, 0.1) is 0 Å². The van der Waals surface area contributed by atoms with Crippen LogP contribution in [0.5, 0.6) is 0 Å². The number of nitrogens with one attached hydrogen (secondary N) is 1. The van der Waals surface area contributed by atoms with Gasteiger partial charge < -0.3 is 15.2 Å². The Morgan fingerprint density at radius 3 is 3.07 bits per heavy atom. The number of hydrogen-bond donors (Lipinski definition) is 2. The van der Waals surface area contributed by atoms with Crippen molar-refractivity contribution < 1.29 is 9.84 Å². The van der Waals surface area contributed by atoms with E-state index in [1.165, 1.54) is 6.20 Å². The van der Waals surface area contributed by atoms with Crippen LogP contribution in [0.15, 0.2) is 6.20 Å². The number of halogens is 1. The monoisotopic (exact) mass is 233 g/mol. The Balaban J connectivity index is 2.78. The zero-order valence-corrected chi connectivity index (χ0v) is 9.66. The number of nitrogens with zero attached hydrogens (tertiary/aromatic N) is 2. The molecule has 1 unspecified atom stereocenters. The van der Waals surface area contributed by atoms with Gasteiger partial charge in [-0.1, -0.05) is 11.6 Å². The van der Waals surface area contributed by atoms with Crippen LogP contribution in [0.25, 0.3) is 0 Å². The summed E-state index contributed by atoms with van der Waals surface area (Å²) in [5.41, 5.74) is 0.628. The highest BCUT2D eigenvalue weighted by Gasteiger charge is 2.16. The second-order valence-corrected chi connectivity index (χ2v) is 3.57. The average molecular weight is 234 g/mol. The van der Waals surface area contributed by atoms with Crippen molar-refractivity contribution >= 4 is 11.6 Å². The lowest BCUT2D eigenvalue weighted by atomic mass is 10.2. The van der Waals surface area contributed by atoms with Crippen LogP contribution < -0.4 is 5.32 Å². The SMILES string of the molecule is CNCC(O)c1c(Cl)cnn1CCOC. The number of likely N-dealkylation sites (N-methyl/N-ethyl adjacent to an activating group) is 1. The van der Waals surface area contributed by atoms with E-state index in [1.807, 2.05) is 0 Å². The quantitative estimate of drug-likeness (QED) is 0.749. The molecule has 0 saturated heterocycles. The van der Waals surface area contributed by atoms with Gasteiger partial charge in [-0.15, -0.1) is 0 Å². The molecule has 86 valence electrons. The number of ether oxygens (including phenoxy) is 1. The minimum atomic E-state index is -0.651. The Morgan fingerprint density at radius 1 is 1.73 bits per heavy atom. The molecule has 0 fully saturated rings. The molecule has 0 radical (unpaired) electrons. The summed E-state index contributed by atoms with van der Waals surface area (Å²) in [6.45, 7) is 1.56. The Kier molecular flexibility index (Phi) is 5.04. The van der Waals surface area contributed by atoms with Crippen LogP contribution in [0.1, 0.15) is 11.8 Å². The average Bonchev–Trinajstić information content (AvgIpc) is 2.57. The molecule has 0 aliphatic carbocycles. The van der Waals surface area contributed by atoms with Crippen LogP contribution >= 0.6 is 11.6 Å². The third-order valence-electron chi connectivity index (χ3n) is 2.05. The molecule has 2 N–H and O–H groups in total. The summed E-state index contributed by atoms with van der Waals surface area (Å²) in [7, 11) is 3.39. The first-order valence-electron chi connectivity index (χ1n) is 4.73. The molecule has 15 heavy (non-hydrogen) atoms. The Hall–Kier alpha value is -0.620. The zero-order valence-electron chi connectivity index (χ0n) is 8.90. The molecule has 6 heteroatoms. The first kappa shape index (κ1) is 12.4. The standard InChI is InChI=1S/C9H16ClN3O2/c1-11-6-8(14)9-7(10)5-12-13(9)3-4-15-2/h5,8,11,14H,3-4,6H2,1-2H3.